The Labute approximate surface area is 115 Å². The molecule has 0 aliphatic rings. The van der Waals surface area contributed by atoms with Gasteiger partial charge in [0.2, 0.25) is 5.88 Å². The molecule has 0 fully saturated rings. The van der Waals surface area contributed by atoms with Crippen molar-refractivity contribution in [1.82, 2.24) is 10.3 Å². The van der Waals surface area contributed by atoms with Gasteiger partial charge < -0.3 is 15.2 Å². The highest BCUT2D eigenvalue weighted by atomic mass is 16.6. The van der Waals surface area contributed by atoms with Crippen LogP contribution in [-0.2, 0) is 9.53 Å². The first-order valence-electron chi connectivity index (χ1n) is 5.84. The number of urea groups is 1. The maximum Gasteiger partial charge on any atom is 0.344 e. The van der Waals surface area contributed by atoms with Crippen molar-refractivity contribution in [3.05, 3.63) is 23.9 Å². The number of carbonyl (C=O) groups is 3. The Morgan fingerprint density at radius 2 is 2.15 bits per heavy atom. The topological polar surface area (TPSA) is 121 Å². The van der Waals surface area contributed by atoms with Gasteiger partial charge in [0.15, 0.2) is 6.10 Å². The second kappa shape index (κ2) is 7.07. The first kappa shape index (κ1) is 15.4. The Balaban J connectivity index is 2.76. The maximum absolute atomic E-state index is 11.9. The Morgan fingerprint density at radius 3 is 2.75 bits per heavy atom. The smallest absolute Gasteiger partial charge is 0.344 e. The predicted molar refractivity (Wildman–Crippen MR) is 68.0 cm³/mol. The van der Waals surface area contributed by atoms with Gasteiger partial charge >= 0.3 is 12.0 Å². The molecular weight excluding hydrogens is 266 g/mol. The lowest BCUT2D eigenvalue weighted by Gasteiger charge is -2.13. The molecule has 1 heterocycles. The summed E-state index contributed by atoms with van der Waals surface area (Å²) in [5, 5.41) is 1.81. The highest BCUT2D eigenvalue weighted by Crippen LogP contribution is 2.16. The van der Waals surface area contributed by atoms with Gasteiger partial charge in [0, 0.05) is 6.20 Å². The summed E-state index contributed by atoms with van der Waals surface area (Å²) in [5.74, 6) is -1.48. The van der Waals surface area contributed by atoms with Crippen LogP contribution in [0.25, 0.3) is 0 Å². The Hall–Kier alpha value is -2.64. The lowest BCUT2D eigenvalue weighted by Crippen LogP contribution is -2.42. The number of carbonyl (C=O) groups excluding carboxylic acids is 3. The summed E-state index contributed by atoms with van der Waals surface area (Å²) >= 11 is 0. The molecular formula is C12H15N3O5. The number of hydrogen-bond acceptors (Lipinski definition) is 6. The fourth-order valence-electron chi connectivity index (χ4n) is 1.30. The summed E-state index contributed by atoms with van der Waals surface area (Å²) in [6.07, 6.45) is 0.287. The van der Waals surface area contributed by atoms with Crippen LogP contribution in [0.4, 0.5) is 4.79 Å². The Kier molecular flexibility index (Phi) is 5.45. The van der Waals surface area contributed by atoms with E-state index in [4.69, 9.17) is 15.2 Å². The molecule has 0 unspecified atom stereocenters. The molecule has 108 valence electrons. The van der Waals surface area contributed by atoms with E-state index in [0.717, 1.165) is 0 Å². The Morgan fingerprint density at radius 1 is 1.45 bits per heavy atom. The van der Waals surface area contributed by atoms with Crippen LogP contribution in [0, 0.1) is 0 Å². The van der Waals surface area contributed by atoms with Crippen molar-refractivity contribution in [2.24, 2.45) is 5.73 Å². The largest absolute Gasteiger partial charge is 0.477 e. The van der Waals surface area contributed by atoms with Crippen LogP contribution < -0.4 is 15.8 Å². The first-order chi connectivity index (χ1) is 9.45. The number of aromatic nitrogens is 1. The average molecular weight is 281 g/mol. The van der Waals surface area contributed by atoms with Crippen molar-refractivity contribution in [1.29, 1.82) is 0 Å². The molecule has 0 aromatic carbocycles. The number of nitrogens with one attached hydrogen (secondary N) is 1. The molecule has 0 bridgehead atoms. The lowest BCUT2D eigenvalue weighted by atomic mass is 10.2. The maximum atomic E-state index is 11.9. The van der Waals surface area contributed by atoms with Gasteiger partial charge in [-0.3, -0.25) is 10.1 Å². The molecule has 0 aliphatic heterocycles. The first-order valence-corrected chi connectivity index (χ1v) is 5.84. The minimum absolute atomic E-state index is 0.0908. The van der Waals surface area contributed by atoms with Crippen molar-refractivity contribution in [3.63, 3.8) is 0 Å². The number of primary amides is 1. The summed E-state index contributed by atoms with van der Waals surface area (Å²) in [4.78, 5) is 37.7. The number of rotatable bonds is 5. The van der Waals surface area contributed by atoms with Crippen molar-refractivity contribution >= 4 is 17.9 Å². The van der Waals surface area contributed by atoms with E-state index in [1.54, 1.807) is 6.92 Å². The van der Waals surface area contributed by atoms with Gasteiger partial charge in [-0.25, -0.2) is 14.6 Å². The highest BCUT2D eigenvalue weighted by molar-refractivity contribution is 5.98. The van der Waals surface area contributed by atoms with Crippen LogP contribution >= 0.6 is 0 Å². The van der Waals surface area contributed by atoms with E-state index in [2.05, 4.69) is 4.98 Å². The van der Waals surface area contributed by atoms with Crippen molar-refractivity contribution in [2.45, 2.75) is 20.0 Å². The number of amides is 3. The number of esters is 1. The van der Waals surface area contributed by atoms with Crippen LogP contribution in [0.2, 0.25) is 0 Å². The number of hydrogen-bond donors (Lipinski definition) is 2. The van der Waals surface area contributed by atoms with E-state index in [9.17, 15) is 14.4 Å². The second-order valence-electron chi connectivity index (χ2n) is 3.69. The molecule has 3 amide bonds. The zero-order valence-electron chi connectivity index (χ0n) is 11.1. The van der Waals surface area contributed by atoms with Crippen molar-refractivity contribution < 1.29 is 23.9 Å². The summed E-state index contributed by atoms with van der Waals surface area (Å²) in [7, 11) is 0. The van der Waals surface area contributed by atoms with Crippen molar-refractivity contribution in [2.75, 3.05) is 6.61 Å². The molecule has 0 radical (unpaired) electrons. The second-order valence-corrected chi connectivity index (χ2v) is 3.69. The average Bonchev–Trinajstić information content (AvgIpc) is 2.38. The molecule has 8 nitrogen and oxygen atoms in total. The molecule has 1 atom stereocenters. The van der Waals surface area contributed by atoms with Crippen LogP contribution in [0.15, 0.2) is 18.3 Å². The monoisotopic (exact) mass is 281 g/mol. The molecule has 0 spiro atoms. The zero-order valence-corrected chi connectivity index (χ0v) is 11.1. The van der Waals surface area contributed by atoms with Crippen LogP contribution in [0.1, 0.15) is 24.2 Å². The van der Waals surface area contributed by atoms with Gasteiger partial charge in [-0.1, -0.05) is 0 Å². The molecule has 3 N–H and O–H groups in total. The molecule has 20 heavy (non-hydrogen) atoms. The number of nitrogens with zero attached hydrogens (tertiary/aromatic N) is 1. The van der Waals surface area contributed by atoms with E-state index in [1.165, 1.54) is 25.3 Å². The summed E-state index contributed by atoms with van der Waals surface area (Å²) < 4.78 is 10.1. The van der Waals surface area contributed by atoms with Gasteiger partial charge in [-0.15, -0.1) is 0 Å². The SMILES string of the molecule is CCOc1ncccc1C(=O)O[C@@H](C)C(=O)NC(N)=O. The van der Waals surface area contributed by atoms with E-state index in [0.29, 0.717) is 6.61 Å². The lowest BCUT2D eigenvalue weighted by molar-refractivity contribution is -0.127. The van der Waals surface area contributed by atoms with Gasteiger partial charge in [-0.05, 0) is 26.0 Å². The molecule has 1 aromatic heterocycles. The molecule has 1 aromatic rings. The zero-order chi connectivity index (χ0) is 15.1. The van der Waals surface area contributed by atoms with E-state index in [1.807, 2.05) is 5.32 Å². The van der Waals surface area contributed by atoms with E-state index in [-0.39, 0.29) is 11.4 Å². The number of pyridine rings is 1. The number of ether oxygens (including phenoxy) is 2. The van der Waals surface area contributed by atoms with E-state index >= 15 is 0 Å². The summed E-state index contributed by atoms with van der Waals surface area (Å²) in [5.41, 5.74) is 4.89. The van der Waals surface area contributed by atoms with Crippen LogP contribution in [0.3, 0.4) is 0 Å². The number of imide groups is 1. The van der Waals surface area contributed by atoms with Gasteiger partial charge in [0.05, 0.1) is 6.61 Å². The minimum atomic E-state index is -1.18. The third-order valence-electron chi connectivity index (χ3n) is 2.17. The molecule has 0 saturated carbocycles. The molecule has 1 rings (SSSR count). The molecule has 0 aliphatic carbocycles. The van der Waals surface area contributed by atoms with E-state index < -0.39 is 24.0 Å². The third-order valence-corrected chi connectivity index (χ3v) is 2.17. The quantitative estimate of drug-likeness (QED) is 0.745. The fraction of sp³-hybridized carbons (Fsp3) is 0.333. The number of nitrogens with two attached hydrogens (primary N) is 1. The molecule has 8 heteroatoms. The van der Waals surface area contributed by atoms with Gasteiger partial charge in [-0.2, -0.15) is 0 Å². The third kappa shape index (κ3) is 4.23. The fourth-order valence-corrected chi connectivity index (χ4v) is 1.30. The minimum Gasteiger partial charge on any atom is -0.477 e. The van der Waals surface area contributed by atoms with Gasteiger partial charge in [0.25, 0.3) is 5.91 Å². The highest BCUT2D eigenvalue weighted by Gasteiger charge is 2.22. The normalized spacial score (nSPS) is 11.3. The van der Waals surface area contributed by atoms with Crippen molar-refractivity contribution in [3.8, 4) is 5.88 Å². The summed E-state index contributed by atoms with van der Waals surface area (Å²) in [6.45, 7) is 3.38. The predicted octanol–water partition coefficient (Wildman–Crippen LogP) is 0.220. The Bertz CT molecular complexity index is 518. The van der Waals surface area contributed by atoms with Gasteiger partial charge in [0.1, 0.15) is 5.56 Å². The van der Waals surface area contributed by atoms with Crippen LogP contribution in [0.5, 0.6) is 5.88 Å². The standard InChI is InChI=1S/C12H15N3O5/c1-3-19-10-8(5-4-6-14-10)11(17)20-7(2)9(16)15-12(13)18/h4-7H,3H2,1-2H3,(H3,13,15,16,18)/t7-/m0/s1. The molecule has 0 saturated heterocycles. The summed E-state index contributed by atoms with van der Waals surface area (Å²) in [6, 6.07) is 1.97. The van der Waals surface area contributed by atoms with Crippen LogP contribution in [-0.4, -0.2) is 35.6 Å².